The number of fused-ring (bicyclic) bond motifs is 1. The van der Waals surface area contributed by atoms with Crippen LogP contribution in [-0.4, -0.2) is 31.6 Å². The molecule has 5 nitrogen and oxygen atoms in total. The Hall–Kier alpha value is -1.53. The molecule has 6 heteroatoms. The quantitative estimate of drug-likeness (QED) is 0.788. The molecule has 0 fully saturated rings. The van der Waals surface area contributed by atoms with Gasteiger partial charge in [0.15, 0.2) is 4.77 Å². The van der Waals surface area contributed by atoms with Crippen LogP contribution in [0.1, 0.15) is 16.8 Å². The van der Waals surface area contributed by atoms with E-state index in [4.69, 9.17) is 12.2 Å². The maximum atomic E-state index is 5.03. The van der Waals surface area contributed by atoms with Gasteiger partial charge in [-0.2, -0.15) is 5.10 Å². The van der Waals surface area contributed by atoms with E-state index in [9.17, 15) is 0 Å². The molecule has 0 saturated carbocycles. The molecule has 1 aliphatic heterocycles. The molecule has 88 valence electrons. The van der Waals surface area contributed by atoms with E-state index in [0.29, 0.717) is 4.77 Å². The van der Waals surface area contributed by atoms with Crippen molar-refractivity contribution in [1.29, 1.82) is 0 Å². The number of rotatable bonds is 2. The van der Waals surface area contributed by atoms with Crippen molar-refractivity contribution in [1.82, 2.24) is 25.1 Å². The van der Waals surface area contributed by atoms with Crippen molar-refractivity contribution in [2.75, 3.05) is 6.54 Å². The molecule has 3 heterocycles. The molecule has 1 aliphatic rings. The fourth-order valence-corrected chi connectivity index (χ4v) is 2.34. The summed E-state index contributed by atoms with van der Waals surface area (Å²) in [4.78, 5) is 9.68. The second kappa shape index (κ2) is 4.38. The molecule has 0 saturated heterocycles. The van der Waals surface area contributed by atoms with Crippen LogP contribution in [-0.2, 0) is 19.5 Å². The first-order valence-corrected chi connectivity index (χ1v) is 5.99. The average molecular weight is 247 g/mol. The Bertz CT molecular complexity index is 559. The lowest BCUT2D eigenvalue weighted by Crippen LogP contribution is -2.30. The van der Waals surface area contributed by atoms with Gasteiger partial charge in [0.1, 0.15) is 0 Å². The van der Waals surface area contributed by atoms with Gasteiger partial charge in [-0.05, 0) is 12.2 Å². The van der Waals surface area contributed by atoms with E-state index < -0.39 is 0 Å². The van der Waals surface area contributed by atoms with Crippen LogP contribution in [0.2, 0.25) is 0 Å². The lowest BCUT2D eigenvalue weighted by molar-refractivity contribution is 0.243. The Morgan fingerprint density at radius 2 is 2.35 bits per heavy atom. The zero-order chi connectivity index (χ0) is 11.7. The molecule has 3 rings (SSSR count). The Morgan fingerprint density at radius 1 is 1.41 bits per heavy atom. The van der Waals surface area contributed by atoms with Crippen LogP contribution < -0.4 is 0 Å². The predicted octanol–water partition coefficient (Wildman–Crippen LogP) is 1.42. The first-order chi connectivity index (χ1) is 8.31. The number of nitrogens with zero attached hydrogens (tertiary/aromatic N) is 3. The number of hydrogen-bond donors (Lipinski definition) is 2. The van der Waals surface area contributed by atoms with E-state index >= 15 is 0 Å². The summed E-state index contributed by atoms with van der Waals surface area (Å²) in [7, 11) is 0. The van der Waals surface area contributed by atoms with Crippen molar-refractivity contribution in [3.05, 3.63) is 40.2 Å². The summed E-state index contributed by atoms with van der Waals surface area (Å²) in [5, 5.41) is 6.80. The van der Waals surface area contributed by atoms with Crippen molar-refractivity contribution in [2.45, 2.75) is 19.5 Å². The highest BCUT2D eigenvalue weighted by Crippen LogP contribution is 2.17. The minimum atomic E-state index is 0.576. The molecule has 0 radical (unpaired) electrons. The van der Waals surface area contributed by atoms with Gasteiger partial charge in [0.05, 0.1) is 6.20 Å². The normalized spacial score (nSPS) is 15.8. The molecule has 0 spiro atoms. The highest BCUT2D eigenvalue weighted by Gasteiger charge is 2.17. The topological polar surface area (TPSA) is 60.6 Å². The first kappa shape index (κ1) is 10.6. The molecule has 0 aromatic carbocycles. The number of nitrogens with one attached hydrogen (secondary N) is 2. The summed E-state index contributed by atoms with van der Waals surface area (Å²) >= 11 is 5.03. The standard InChI is InChI=1S/C11H13N5S/c17-11-12-5-9-7-16(2-1-10(9)15-11)6-8-3-13-14-4-8/h3-5H,1-2,6-7H2,(H,13,14)(H,12,15,17). The SMILES string of the molecule is S=c1ncc2c([nH]1)CCN(Cc1cn[nH]c1)C2. The maximum Gasteiger partial charge on any atom is 0.196 e. The average Bonchev–Trinajstić information content (AvgIpc) is 2.82. The summed E-state index contributed by atoms with van der Waals surface area (Å²) in [5.74, 6) is 0. The van der Waals surface area contributed by atoms with Crippen LogP contribution in [0.15, 0.2) is 18.6 Å². The van der Waals surface area contributed by atoms with Gasteiger partial charge in [0, 0.05) is 55.3 Å². The number of aromatic nitrogens is 4. The van der Waals surface area contributed by atoms with Gasteiger partial charge in [-0.1, -0.05) is 0 Å². The molecule has 0 aliphatic carbocycles. The summed E-state index contributed by atoms with van der Waals surface area (Å²) < 4.78 is 0.576. The molecular formula is C11H13N5S. The van der Waals surface area contributed by atoms with E-state index in [1.807, 2.05) is 18.6 Å². The second-order valence-electron chi connectivity index (χ2n) is 4.26. The van der Waals surface area contributed by atoms with Crippen LogP contribution >= 0.6 is 12.2 Å². The van der Waals surface area contributed by atoms with Crippen molar-refractivity contribution < 1.29 is 0 Å². The molecule has 2 N–H and O–H groups in total. The smallest absolute Gasteiger partial charge is 0.196 e. The first-order valence-electron chi connectivity index (χ1n) is 5.58. The van der Waals surface area contributed by atoms with Crippen LogP contribution in [0.4, 0.5) is 0 Å². The van der Waals surface area contributed by atoms with Gasteiger partial charge < -0.3 is 4.98 Å². The number of aromatic amines is 2. The largest absolute Gasteiger partial charge is 0.334 e. The summed E-state index contributed by atoms with van der Waals surface area (Å²) in [5.41, 5.74) is 3.69. The Morgan fingerprint density at radius 3 is 3.18 bits per heavy atom. The molecule has 0 amide bonds. The minimum absolute atomic E-state index is 0.576. The molecular weight excluding hydrogens is 234 g/mol. The molecule has 0 atom stereocenters. The van der Waals surface area contributed by atoms with Gasteiger partial charge >= 0.3 is 0 Å². The second-order valence-corrected chi connectivity index (χ2v) is 4.65. The Kier molecular flexibility index (Phi) is 2.74. The fraction of sp³-hybridized carbons (Fsp3) is 0.364. The van der Waals surface area contributed by atoms with E-state index in [1.165, 1.54) is 16.8 Å². The number of H-pyrrole nitrogens is 2. The molecule has 0 unspecified atom stereocenters. The van der Waals surface area contributed by atoms with Gasteiger partial charge in [0.2, 0.25) is 0 Å². The zero-order valence-electron chi connectivity index (χ0n) is 9.31. The summed E-state index contributed by atoms with van der Waals surface area (Å²) in [6, 6.07) is 0. The summed E-state index contributed by atoms with van der Waals surface area (Å²) in [6.45, 7) is 2.87. The van der Waals surface area contributed by atoms with Crippen LogP contribution in [0.5, 0.6) is 0 Å². The highest BCUT2D eigenvalue weighted by atomic mass is 32.1. The fourth-order valence-electron chi connectivity index (χ4n) is 2.16. The Balaban J connectivity index is 1.76. The van der Waals surface area contributed by atoms with Crippen LogP contribution in [0.25, 0.3) is 0 Å². The molecule has 2 aromatic heterocycles. The van der Waals surface area contributed by atoms with Gasteiger partial charge in [-0.3, -0.25) is 10.00 Å². The van der Waals surface area contributed by atoms with Gasteiger partial charge in [0.25, 0.3) is 0 Å². The molecule has 2 aromatic rings. The van der Waals surface area contributed by atoms with E-state index in [1.54, 1.807) is 0 Å². The predicted molar refractivity (Wildman–Crippen MR) is 65.8 cm³/mol. The molecule has 17 heavy (non-hydrogen) atoms. The number of hydrogen-bond acceptors (Lipinski definition) is 4. The minimum Gasteiger partial charge on any atom is -0.334 e. The maximum absolute atomic E-state index is 5.03. The monoisotopic (exact) mass is 247 g/mol. The van der Waals surface area contributed by atoms with Crippen molar-refractivity contribution in [2.24, 2.45) is 0 Å². The van der Waals surface area contributed by atoms with E-state index in [0.717, 1.165) is 26.1 Å². The molecule has 0 bridgehead atoms. The third-order valence-electron chi connectivity index (χ3n) is 3.02. The summed E-state index contributed by atoms with van der Waals surface area (Å²) in [6.07, 6.45) is 6.69. The third kappa shape index (κ3) is 2.27. The van der Waals surface area contributed by atoms with Gasteiger partial charge in [-0.25, -0.2) is 4.98 Å². The third-order valence-corrected chi connectivity index (χ3v) is 3.22. The van der Waals surface area contributed by atoms with E-state index in [-0.39, 0.29) is 0 Å². The van der Waals surface area contributed by atoms with Gasteiger partial charge in [-0.15, -0.1) is 0 Å². The van der Waals surface area contributed by atoms with Crippen molar-refractivity contribution in [3.8, 4) is 0 Å². The van der Waals surface area contributed by atoms with E-state index in [2.05, 4.69) is 25.1 Å². The highest BCUT2D eigenvalue weighted by molar-refractivity contribution is 7.71. The van der Waals surface area contributed by atoms with Crippen molar-refractivity contribution in [3.63, 3.8) is 0 Å². The lowest BCUT2D eigenvalue weighted by atomic mass is 10.1. The van der Waals surface area contributed by atoms with Crippen LogP contribution in [0, 0.1) is 4.77 Å². The lowest BCUT2D eigenvalue weighted by Gasteiger charge is -2.27. The van der Waals surface area contributed by atoms with Crippen LogP contribution in [0.3, 0.4) is 0 Å². The van der Waals surface area contributed by atoms with Crippen molar-refractivity contribution >= 4 is 12.2 Å². The zero-order valence-corrected chi connectivity index (χ0v) is 10.1. The Labute approximate surface area is 104 Å².